The highest BCUT2D eigenvalue weighted by molar-refractivity contribution is 9.10. The highest BCUT2D eigenvalue weighted by Crippen LogP contribution is 2.23. The maximum absolute atomic E-state index is 12.8. The number of esters is 1. The maximum atomic E-state index is 12.8. The van der Waals surface area contributed by atoms with Gasteiger partial charge in [0.05, 0.1) is 18.2 Å². The van der Waals surface area contributed by atoms with Crippen molar-refractivity contribution in [3.8, 4) is 0 Å². The summed E-state index contributed by atoms with van der Waals surface area (Å²) in [4.78, 5) is 24.7. The second kappa shape index (κ2) is 9.38. The van der Waals surface area contributed by atoms with Gasteiger partial charge in [0, 0.05) is 10.2 Å². The predicted octanol–water partition coefficient (Wildman–Crippen LogP) is 4.30. The van der Waals surface area contributed by atoms with Gasteiger partial charge in [-0.3, -0.25) is 4.79 Å². The average molecular weight is 419 g/mol. The van der Waals surface area contributed by atoms with Crippen LogP contribution < -0.4 is 10.6 Å². The molecule has 1 amide bonds. The molecule has 26 heavy (non-hydrogen) atoms. The lowest BCUT2D eigenvalue weighted by atomic mass is 10.1. The van der Waals surface area contributed by atoms with E-state index < -0.39 is 6.04 Å². The van der Waals surface area contributed by atoms with Crippen molar-refractivity contribution in [2.45, 2.75) is 32.9 Å². The molecular weight excluding hydrogens is 396 g/mol. The first kappa shape index (κ1) is 20.0. The smallest absolute Gasteiger partial charge is 0.328 e. The Labute approximate surface area is 162 Å². The first-order valence-electron chi connectivity index (χ1n) is 8.51. The average Bonchev–Trinajstić information content (AvgIpc) is 2.63. The Hall–Kier alpha value is -2.34. The molecule has 138 valence electrons. The molecule has 2 aromatic rings. The summed E-state index contributed by atoms with van der Waals surface area (Å²) in [5.41, 5.74) is 2.05. The van der Waals surface area contributed by atoms with E-state index in [9.17, 15) is 9.59 Å². The van der Waals surface area contributed by atoms with E-state index in [-0.39, 0.29) is 17.9 Å². The second-order valence-electron chi connectivity index (χ2n) is 5.91. The Morgan fingerprint density at radius 2 is 1.81 bits per heavy atom. The van der Waals surface area contributed by atoms with Gasteiger partial charge in [0.1, 0.15) is 6.04 Å². The van der Waals surface area contributed by atoms with Crippen LogP contribution in [-0.2, 0) is 9.53 Å². The molecule has 0 bridgehead atoms. The zero-order valence-corrected chi connectivity index (χ0v) is 16.7. The molecule has 2 aromatic carbocycles. The highest BCUT2D eigenvalue weighted by Gasteiger charge is 2.19. The summed E-state index contributed by atoms with van der Waals surface area (Å²) >= 11 is 3.40. The molecule has 2 rings (SSSR count). The lowest BCUT2D eigenvalue weighted by Crippen LogP contribution is -2.31. The number of hydrogen-bond acceptors (Lipinski definition) is 4. The van der Waals surface area contributed by atoms with Gasteiger partial charge in [-0.05, 0) is 44.5 Å². The van der Waals surface area contributed by atoms with E-state index in [0.717, 1.165) is 10.0 Å². The molecule has 0 aliphatic rings. The van der Waals surface area contributed by atoms with Crippen LogP contribution in [0.2, 0.25) is 0 Å². The molecule has 5 nitrogen and oxygen atoms in total. The van der Waals surface area contributed by atoms with E-state index in [2.05, 4.69) is 26.6 Å². The van der Waals surface area contributed by atoms with E-state index in [4.69, 9.17) is 4.74 Å². The summed E-state index contributed by atoms with van der Waals surface area (Å²) < 4.78 is 5.79. The van der Waals surface area contributed by atoms with Gasteiger partial charge in [-0.15, -0.1) is 0 Å². The molecule has 0 spiro atoms. The minimum Gasteiger partial charge on any atom is -0.464 e. The number of carbonyl (C=O) groups excluding carboxylic acids is 2. The van der Waals surface area contributed by atoms with Crippen LogP contribution >= 0.6 is 15.9 Å². The number of hydrogen-bond donors (Lipinski definition) is 2. The van der Waals surface area contributed by atoms with Gasteiger partial charge >= 0.3 is 5.97 Å². The van der Waals surface area contributed by atoms with Gasteiger partial charge in [0.25, 0.3) is 5.91 Å². The largest absolute Gasteiger partial charge is 0.464 e. The molecule has 0 heterocycles. The molecule has 6 heteroatoms. The quantitative estimate of drug-likeness (QED) is 0.657. The SMILES string of the molecule is CCOC(=O)[C@@H](C)Nc1ccc(Br)cc1C(=O)N[C@@H](C)c1ccccc1. The Kier molecular flexibility index (Phi) is 7.21. The molecular formula is C20H23BrN2O3. The van der Waals surface area contributed by atoms with Crippen molar-refractivity contribution < 1.29 is 14.3 Å². The van der Waals surface area contributed by atoms with Crippen LogP contribution in [-0.4, -0.2) is 24.5 Å². The van der Waals surface area contributed by atoms with Gasteiger partial charge in [-0.25, -0.2) is 4.79 Å². The maximum Gasteiger partial charge on any atom is 0.328 e. The number of anilines is 1. The normalized spacial score (nSPS) is 12.8. The second-order valence-corrected chi connectivity index (χ2v) is 6.83. The van der Waals surface area contributed by atoms with Gasteiger partial charge in [0.2, 0.25) is 0 Å². The Morgan fingerprint density at radius 3 is 2.46 bits per heavy atom. The molecule has 0 saturated carbocycles. The zero-order valence-electron chi connectivity index (χ0n) is 15.1. The van der Waals surface area contributed by atoms with Gasteiger partial charge in [0.15, 0.2) is 0 Å². The van der Waals surface area contributed by atoms with Crippen LogP contribution in [0.3, 0.4) is 0 Å². The Balaban J connectivity index is 2.18. The summed E-state index contributed by atoms with van der Waals surface area (Å²) in [5, 5.41) is 6.05. The van der Waals surface area contributed by atoms with Crippen molar-refractivity contribution in [1.82, 2.24) is 5.32 Å². The van der Waals surface area contributed by atoms with Crippen LogP contribution in [0.25, 0.3) is 0 Å². The van der Waals surface area contributed by atoms with Gasteiger partial charge in [-0.1, -0.05) is 46.3 Å². The summed E-state index contributed by atoms with van der Waals surface area (Å²) in [5.74, 6) is -0.583. The molecule has 0 unspecified atom stereocenters. The first-order chi connectivity index (χ1) is 12.4. The van der Waals surface area contributed by atoms with Crippen LogP contribution in [0.5, 0.6) is 0 Å². The number of ether oxygens (including phenoxy) is 1. The van der Waals surface area contributed by atoms with Crippen molar-refractivity contribution in [2.75, 3.05) is 11.9 Å². The third kappa shape index (κ3) is 5.33. The number of amides is 1. The molecule has 0 fully saturated rings. The monoisotopic (exact) mass is 418 g/mol. The van der Waals surface area contributed by atoms with E-state index in [1.807, 2.05) is 43.3 Å². The van der Waals surface area contributed by atoms with Crippen LogP contribution in [0, 0.1) is 0 Å². The van der Waals surface area contributed by atoms with Crippen molar-refractivity contribution in [3.05, 3.63) is 64.1 Å². The fourth-order valence-electron chi connectivity index (χ4n) is 2.49. The van der Waals surface area contributed by atoms with E-state index in [1.165, 1.54) is 0 Å². The lowest BCUT2D eigenvalue weighted by molar-refractivity contribution is -0.143. The minimum absolute atomic E-state index is 0.141. The topological polar surface area (TPSA) is 67.4 Å². The number of carbonyl (C=O) groups is 2. The van der Waals surface area contributed by atoms with Crippen molar-refractivity contribution in [1.29, 1.82) is 0 Å². The number of benzene rings is 2. The number of halogens is 1. The molecule has 2 atom stereocenters. The highest BCUT2D eigenvalue weighted by atomic mass is 79.9. The van der Waals surface area contributed by atoms with E-state index in [1.54, 1.807) is 26.0 Å². The zero-order chi connectivity index (χ0) is 19.1. The Bertz CT molecular complexity index is 765. The molecule has 0 aliphatic carbocycles. The number of rotatable bonds is 7. The van der Waals surface area contributed by atoms with E-state index >= 15 is 0 Å². The third-order valence-corrected chi connectivity index (χ3v) is 4.38. The third-order valence-electron chi connectivity index (χ3n) is 3.89. The standard InChI is InChI=1S/C20H23BrN2O3/c1-4-26-20(25)14(3)22-18-11-10-16(21)12-17(18)19(24)23-13(2)15-8-6-5-7-9-15/h5-14,22H,4H2,1-3H3,(H,23,24)/t13-,14+/m0/s1. The van der Waals surface area contributed by atoms with Crippen LogP contribution in [0.1, 0.15) is 42.7 Å². The first-order valence-corrected chi connectivity index (χ1v) is 9.30. The number of nitrogens with one attached hydrogen (secondary N) is 2. The molecule has 0 radical (unpaired) electrons. The van der Waals surface area contributed by atoms with Crippen LogP contribution in [0.15, 0.2) is 53.0 Å². The Morgan fingerprint density at radius 1 is 1.12 bits per heavy atom. The molecule has 2 N–H and O–H groups in total. The summed E-state index contributed by atoms with van der Waals surface area (Å²) in [6.45, 7) is 5.70. The molecule has 0 aromatic heterocycles. The summed E-state index contributed by atoms with van der Waals surface area (Å²) in [6, 6.07) is 14.3. The van der Waals surface area contributed by atoms with Crippen molar-refractivity contribution >= 4 is 33.5 Å². The van der Waals surface area contributed by atoms with Crippen molar-refractivity contribution in [2.24, 2.45) is 0 Å². The summed E-state index contributed by atoms with van der Waals surface area (Å²) in [6.07, 6.45) is 0. The fourth-order valence-corrected chi connectivity index (χ4v) is 2.85. The van der Waals surface area contributed by atoms with Gasteiger partial charge < -0.3 is 15.4 Å². The minimum atomic E-state index is -0.561. The summed E-state index contributed by atoms with van der Waals surface area (Å²) in [7, 11) is 0. The predicted molar refractivity (Wildman–Crippen MR) is 106 cm³/mol. The van der Waals surface area contributed by atoms with Gasteiger partial charge in [-0.2, -0.15) is 0 Å². The molecule has 0 saturated heterocycles. The van der Waals surface area contributed by atoms with E-state index in [0.29, 0.717) is 17.9 Å². The lowest BCUT2D eigenvalue weighted by Gasteiger charge is -2.19. The molecule has 0 aliphatic heterocycles. The fraction of sp³-hybridized carbons (Fsp3) is 0.300. The van der Waals surface area contributed by atoms with Crippen LogP contribution in [0.4, 0.5) is 5.69 Å². The van der Waals surface area contributed by atoms with Crippen molar-refractivity contribution in [3.63, 3.8) is 0 Å².